The number of halogens is 1. The molecular weight excluding hydrogens is 454 g/mol. The third-order valence-electron chi connectivity index (χ3n) is 5.77. The summed E-state index contributed by atoms with van der Waals surface area (Å²) in [6.45, 7) is 7.61. The lowest BCUT2D eigenvalue weighted by atomic mass is 9.94. The minimum absolute atomic E-state index is 0.0694. The molecule has 0 spiro atoms. The second-order valence-electron chi connectivity index (χ2n) is 8.13. The number of anilines is 2. The molecule has 0 saturated heterocycles. The molecule has 34 heavy (non-hydrogen) atoms. The van der Waals surface area contributed by atoms with Crippen LogP contribution in [-0.4, -0.2) is 39.8 Å². The van der Waals surface area contributed by atoms with Crippen LogP contribution in [0.25, 0.3) is 0 Å². The molecule has 0 aliphatic carbocycles. The van der Waals surface area contributed by atoms with Gasteiger partial charge in [0.15, 0.2) is 0 Å². The molecule has 1 atom stereocenters. The number of allylic oxidation sites excluding steroid dienone is 1. The van der Waals surface area contributed by atoms with Crippen LogP contribution in [0.2, 0.25) is 5.02 Å². The third kappa shape index (κ3) is 4.54. The summed E-state index contributed by atoms with van der Waals surface area (Å²) in [4.78, 5) is 32.2. The van der Waals surface area contributed by atoms with Gasteiger partial charge in [0.2, 0.25) is 11.9 Å². The molecule has 1 aliphatic rings. The van der Waals surface area contributed by atoms with Crippen molar-refractivity contribution in [1.82, 2.24) is 14.8 Å². The number of esters is 1. The monoisotopic (exact) mass is 479 g/mol. The van der Waals surface area contributed by atoms with E-state index in [0.717, 1.165) is 16.7 Å². The standard InChI is InChI=1S/C25H26ClN5O3/c1-5-34-24(33)22-17(4)30(13-21(32)29-20-12-19(26)11-8-16(20)3)25-27-14-28-31(25)23(22)18-9-6-15(2)7-10-18/h6-12,14,23H,5,13H2,1-4H3,(H,29,32). The lowest BCUT2D eigenvalue weighted by Gasteiger charge is -2.35. The molecule has 9 heteroatoms. The molecule has 1 N–H and O–H groups in total. The van der Waals surface area contributed by atoms with Gasteiger partial charge in [-0.2, -0.15) is 10.1 Å². The van der Waals surface area contributed by atoms with Gasteiger partial charge < -0.3 is 15.0 Å². The molecule has 1 aliphatic heterocycles. The van der Waals surface area contributed by atoms with Crippen LogP contribution in [0.4, 0.5) is 11.6 Å². The Morgan fingerprint density at radius 1 is 1.12 bits per heavy atom. The number of hydrogen-bond donors (Lipinski definition) is 1. The van der Waals surface area contributed by atoms with E-state index in [1.165, 1.54) is 6.33 Å². The molecular formula is C25H26ClN5O3. The average molecular weight is 480 g/mol. The van der Waals surface area contributed by atoms with Gasteiger partial charge in [-0.1, -0.05) is 47.5 Å². The van der Waals surface area contributed by atoms with E-state index in [1.54, 1.807) is 35.6 Å². The third-order valence-corrected chi connectivity index (χ3v) is 6.01. The number of rotatable bonds is 6. The number of carbonyl (C=O) groups is 2. The summed E-state index contributed by atoms with van der Waals surface area (Å²) < 4.78 is 7.05. The summed E-state index contributed by atoms with van der Waals surface area (Å²) in [5.41, 5.74) is 4.49. The van der Waals surface area contributed by atoms with Crippen molar-refractivity contribution in [3.8, 4) is 0 Å². The zero-order valence-electron chi connectivity index (χ0n) is 19.5. The zero-order chi connectivity index (χ0) is 24.4. The summed E-state index contributed by atoms with van der Waals surface area (Å²) >= 11 is 6.09. The van der Waals surface area contributed by atoms with Crippen LogP contribution in [0.1, 0.15) is 36.6 Å². The van der Waals surface area contributed by atoms with Gasteiger partial charge in [0.25, 0.3) is 0 Å². The van der Waals surface area contributed by atoms with Gasteiger partial charge in [-0.3, -0.25) is 4.79 Å². The second kappa shape index (κ2) is 9.69. The van der Waals surface area contributed by atoms with Crippen LogP contribution in [0.3, 0.4) is 0 Å². The maximum absolute atomic E-state index is 13.1. The Kier molecular flexibility index (Phi) is 6.70. The quantitative estimate of drug-likeness (QED) is 0.526. The van der Waals surface area contributed by atoms with Crippen molar-refractivity contribution in [1.29, 1.82) is 0 Å². The van der Waals surface area contributed by atoms with Crippen molar-refractivity contribution in [3.05, 3.63) is 81.8 Å². The van der Waals surface area contributed by atoms with Crippen molar-refractivity contribution in [3.63, 3.8) is 0 Å². The Morgan fingerprint density at radius 2 is 1.85 bits per heavy atom. The first-order valence-corrected chi connectivity index (χ1v) is 11.4. The predicted octanol–water partition coefficient (Wildman–Crippen LogP) is 4.43. The number of hydrogen-bond acceptors (Lipinski definition) is 6. The summed E-state index contributed by atoms with van der Waals surface area (Å²) in [6.07, 6.45) is 1.42. The predicted molar refractivity (Wildman–Crippen MR) is 131 cm³/mol. The van der Waals surface area contributed by atoms with Crippen molar-refractivity contribution in [2.75, 3.05) is 23.4 Å². The number of nitrogens with zero attached hydrogens (tertiary/aromatic N) is 4. The van der Waals surface area contributed by atoms with Crippen LogP contribution in [0.5, 0.6) is 0 Å². The Hall–Kier alpha value is -3.65. The molecule has 3 aromatic rings. The number of amides is 1. The Balaban J connectivity index is 1.73. The summed E-state index contributed by atoms with van der Waals surface area (Å²) in [6, 6.07) is 12.7. The van der Waals surface area contributed by atoms with Gasteiger partial charge in [-0.05, 0) is 51.0 Å². The number of nitrogens with one attached hydrogen (secondary N) is 1. The van der Waals surface area contributed by atoms with Crippen LogP contribution in [0.15, 0.2) is 60.1 Å². The molecule has 4 rings (SSSR count). The molecule has 176 valence electrons. The van der Waals surface area contributed by atoms with Gasteiger partial charge in [-0.15, -0.1) is 0 Å². The van der Waals surface area contributed by atoms with Gasteiger partial charge in [0.1, 0.15) is 18.9 Å². The Morgan fingerprint density at radius 3 is 2.56 bits per heavy atom. The maximum Gasteiger partial charge on any atom is 0.338 e. The van der Waals surface area contributed by atoms with E-state index < -0.39 is 12.0 Å². The number of carbonyl (C=O) groups excluding carboxylic acids is 2. The SMILES string of the molecule is CCOC(=O)C1=C(C)N(CC(=O)Nc2cc(Cl)ccc2C)c2ncnn2C1c1ccc(C)cc1. The van der Waals surface area contributed by atoms with Crippen LogP contribution in [-0.2, 0) is 14.3 Å². The van der Waals surface area contributed by atoms with Crippen LogP contribution in [0, 0.1) is 13.8 Å². The topological polar surface area (TPSA) is 89.3 Å². The average Bonchev–Trinajstić information content (AvgIpc) is 3.28. The van der Waals surface area contributed by atoms with E-state index in [1.807, 2.05) is 44.2 Å². The molecule has 1 unspecified atom stereocenters. The van der Waals surface area contributed by atoms with E-state index in [0.29, 0.717) is 27.9 Å². The molecule has 0 radical (unpaired) electrons. The summed E-state index contributed by atoms with van der Waals surface area (Å²) in [5, 5.41) is 7.83. The van der Waals surface area contributed by atoms with Gasteiger partial charge in [0.05, 0.1) is 12.2 Å². The van der Waals surface area contributed by atoms with Gasteiger partial charge >= 0.3 is 5.97 Å². The highest BCUT2D eigenvalue weighted by molar-refractivity contribution is 6.31. The molecule has 1 amide bonds. The first kappa shape index (κ1) is 23.5. The fourth-order valence-electron chi connectivity index (χ4n) is 4.01. The molecule has 8 nitrogen and oxygen atoms in total. The number of aromatic nitrogens is 3. The number of aryl methyl sites for hydroxylation is 2. The number of ether oxygens (including phenoxy) is 1. The molecule has 0 fully saturated rings. The molecule has 2 heterocycles. The molecule has 0 bridgehead atoms. The van der Waals surface area contributed by atoms with E-state index in [4.69, 9.17) is 16.3 Å². The lowest BCUT2D eigenvalue weighted by molar-refractivity contribution is -0.139. The van der Waals surface area contributed by atoms with Gasteiger partial charge in [0, 0.05) is 16.4 Å². The van der Waals surface area contributed by atoms with E-state index in [2.05, 4.69) is 15.4 Å². The largest absolute Gasteiger partial charge is 0.463 e. The van der Waals surface area contributed by atoms with Crippen molar-refractivity contribution in [2.45, 2.75) is 33.7 Å². The van der Waals surface area contributed by atoms with Gasteiger partial charge in [-0.25, -0.2) is 9.48 Å². The molecule has 1 aromatic heterocycles. The highest BCUT2D eigenvalue weighted by Crippen LogP contribution is 2.38. The number of fused-ring (bicyclic) bond motifs is 1. The Bertz CT molecular complexity index is 1270. The highest BCUT2D eigenvalue weighted by Gasteiger charge is 2.38. The van der Waals surface area contributed by atoms with Crippen LogP contribution < -0.4 is 10.2 Å². The van der Waals surface area contributed by atoms with E-state index in [9.17, 15) is 9.59 Å². The van der Waals surface area contributed by atoms with E-state index in [-0.39, 0.29) is 19.1 Å². The van der Waals surface area contributed by atoms with Crippen molar-refractivity contribution < 1.29 is 14.3 Å². The fourth-order valence-corrected chi connectivity index (χ4v) is 4.18. The normalized spacial score (nSPS) is 15.2. The lowest BCUT2D eigenvalue weighted by Crippen LogP contribution is -2.41. The van der Waals surface area contributed by atoms with Crippen molar-refractivity contribution in [2.24, 2.45) is 0 Å². The van der Waals surface area contributed by atoms with Crippen molar-refractivity contribution >= 4 is 35.1 Å². The first-order chi connectivity index (χ1) is 16.3. The summed E-state index contributed by atoms with van der Waals surface area (Å²) in [7, 11) is 0. The minimum Gasteiger partial charge on any atom is -0.463 e. The fraction of sp³-hybridized carbons (Fsp3) is 0.280. The first-order valence-electron chi connectivity index (χ1n) is 11.0. The minimum atomic E-state index is -0.522. The molecule has 2 aromatic carbocycles. The second-order valence-corrected chi connectivity index (χ2v) is 8.57. The molecule has 0 saturated carbocycles. The zero-order valence-corrected chi connectivity index (χ0v) is 20.3. The van der Waals surface area contributed by atoms with Crippen LogP contribution >= 0.6 is 11.6 Å². The smallest absolute Gasteiger partial charge is 0.338 e. The van der Waals surface area contributed by atoms with E-state index >= 15 is 0 Å². The highest BCUT2D eigenvalue weighted by atomic mass is 35.5. The number of benzene rings is 2. The maximum atomic E-state index is 13.1. The summed E-state index contributed by atoms with van der Waals surface area (Å²) in [5.74, 6) is -0.270. The Labute approximate surface area is 203 Å².